The van der Waals surface area contributed by atoms with Crippen molar-refractivity contribution in [3.05, 3.63) is 71.6 Å². The number of halogens is 2. The molecular formula is C26H26Cl2N4O6S. The highest BCUT2D eigenvalue weighted by Crippen LogP contribution is 2.46. The molecule has 3 aromatic rings. The van der Waals surface area contributed by atoms with Gasteiger partial charge >= 0.3 is 11.9 Å². The van der Waals surface area contributed by atoms with Gasteiger partial charge in [0.05, 0.1) is 51.6 Å². The lowest BCUT2D eigenvalue weighted by molar-refractivity contribution is -0.384. The van der Waals surface area contributed by atoms with E-state index in [0.717, 1.165) is 11.3 Å². The maximum atomic E-state index is 13.4. The van der Waals surface area contributed by atoms with Crippen LogP contribution in [0.1, 0.15) is 51.1 Å². The van der Waals surface area contributed by atoms with E-state index in [1.54, 1.807) is 32.1 Å². The lowest BCUT2D eigenvalue weighted by Gasteiger charge is -2.30. The second-order valence-electron chi connectivity index (χ2n) is 8.67. The van der Waals surface area contributed by atoms with Gasteiger partial charge in [0.1, 0.15) is 5.02 Å². The minimum Gasteiger partial charge on any atom is -0.463 e. The van der Waals surface area contributed by atoms with Gasteiger partial charge in [-0.1, -0.05) is 30.1 Å². The number of benzene rings is 1. The van der Waals surface area contributed by atoms with Crippen LogP contribution in [0, 0.1) is 10.1 Å². The average molecular weight is 593 g/mol. The van der Waals surface area contributed by atoms with Gasteiger partial charge in [-0.3, -0.25) is 14.5 Å². The molecule has 0 fully saturated rings. The Kier molecular flexibility index (Phi) is 8.34. The molecule has 1 aliphatic heterocycles. The Bertz CT molecular complexity index is 1530. The van der Waals surface area contributed by atoms with E-state index in [1.165, 1.54) is 23.5 Å². The molecule has 206 valence electrons. The number of aryl methyl sites for hydroxylation is 1. The van der Waals surface area contributed by atoms with Crippen LogP contribution in [0.15, 0.2) is 40.9 Å². The molecule has 0 unspecified atom stereocenters. The van der Waals surface area contributed by atoms with Gasteiger partial charge in [0.2, 0.25) is 0 Å². The van der Waals surface area contributed by atoms with Crippen LogP contribution in [0.5, 0.6) is 0 Å². The molecule has 0 saturated carbocycles. The Morgan fingerprint density at radius 3 is 2.18 bits per heavy atom. The Hall–Kier alpha value is -3.41. The number of nitrogens with one attached hydrogen (secondary N) is 1. The molecule has 0 aliphatic carbocycles. The number of hydrogen-bond donors (Lipinski definition) is 1. The number of aromatic nitrogens is 2. The van der Waals surface area contributed by atoms with Crippen LogP contribution in [-0.4, -0.2) is 39.5 Å². The summed E-state index contributed by atoms with van der Waals surface area (Å²) < 4.78 is 12.6. The zero-order chi connectivity index (χ0) is 28.6. The van der Waals surface area contributed by atoms with Crippen LogP contribution in [0.25, 0.3) is 16.2 Å². The molecule has 0 spiro atoms. The summed E-state index contributed by atoms with van der Waals surface area (Å²) in [6.45, 7) is 9.03. The molecule has 3 heterocycles. The number of imidazole rings is 1. The summed E-state index contributed by atoms with van der Waals surface area (Å²) in [5, 5.41) is 14.8. The van der Waals surface area contributed by atoms with Crippen LogP contribution >= 0.6 is 34.5 Å². The van der Waals surface area contributed by atoms with Crippen molar-refractivity contribution >= 4 is 57.1 Å². The fourth-order valence-corrected chi connectivity index (χ4v) is 6.10. The smallest absolute Gasteiger partial charge is 0.336 e. The molecule has 0 atom stereocenters. The first-order valence-electron chi connectivity index (χ1n) is 12.2. The van der Waals surface area contributed by atoms with Gasteiger partial charge in [-0.25, -0.2) is 14.6 Å². The highest BCUT2D eigenvalue weighted by atomic mass is 35.5. The third-order valence-electron chi connectivity index (χ3n) is 6.27. The minimum atomic E-state index is -0.987. The second-order valence-corrected chi connectivity index (χ2v) is 10.6. The van der Waals surface area contributed by atoms with Crippen molar-refractivity contribution in [2.45, 2.75) is 47.0 Å². The van der Waals surface area contributed by atoms with Crippen LogP contribution in [0.4, 0.5) is 5.69 Å². The first-order valence-corrected chi connectivity index (χ1v) is 13.8. The summed E-state index contributed by atoms with van der Waals surface area (Å²) in [6.07, 6.45) is 2.60. The molecule has 39 heavy (non-hydrogen) atoms. The normalized spacial score (nSPS) is 14.1. The summed E-state index contributed by atoms with van der Waals surface area (Å²) in [5.74, 6) is -2.23. The van der Waals surface area contributed by atoms with Crippen molar-refractivity contribution in [2.75, 3.05) is 13.2 Å². The van der Waals surface area contributed by atoms with E-state index in [-0.39, 0.29) is 51.4 Å². The van der Waals surface area contributed by atoms with E-state index in [9.17, 15) is 19.7 Å². The number of fused-ring (bicyclic) bond motifs is 1. The number of ether oxygens (including phenoxy) is 2. The molecule has 0 amide bonds. The number of hydrogen-bond acceptors (Lipinski definition) is 9. The molecule has 4 rings (SSSR count). The third kappa shape index (κ3) is 5.13. The van der Waals surface area contributed by atoms with Gasteiger partial charge in [-0.2, -0.15) is 0 Å². The Balaban J connectivity index is 2.13. The quantitative estimate of drug-likeness (QED) is 0.186. The van der Waals surface area contributed by atoms with Crippen LogP contribution < -0.4 is 5.32 Å². The molecule has 0 bridgehead atoms. The summed E-state index contributed by atoms with van der Waals surface area (Å²) in [6, 6.07) is 2.54. The number of rotatable bonds is 8. The summed E-state index contributed by atoms with van der Waals surface area (Å²) in [7, 11) is 0. The van der Waals surface area contributed by atoms with E-state index in [0.29, 0.717) is 22.0 Å². The Morgan fingerprint density at radius 1 is 1.08 bits per heavy atom. The van der Waals surface area contributed by atoms with E-state index < -0.39 is 22.8 Å². The van der Waals surface area contributed by atoms with E-state index in [1.807, 2.05) is 13.1 Å². The maximum Gasteiger partial charge on any atom is 0.336 e. The summed E-state index contributed by atoms with van der Waals surface area (Å²) in [4.78, 5) is 44.3. The maximum absolute atomic E-state index is 13.4. The monoisotopic (exact) mass is 592 g/mol. The zero-order valence-electron chi connectivity index (χ0n) is 21.9. The fraction of sp³-hybridized carbons (Fsp3) is 0.346. The second kappa shape index (κ2) is 11.4. The lowest BCUT2D eigenvalue weighted by atomic mass is 9.81. The third-order valence-corrected chi connectivity index (χ3v) is 8.01. The van der Waals surface area contributed by atoms with Crippen molar-refractivity contribution in [2.24, 2.45) is 0 Å². The van der Waals surface area contributed by atoms with Crippen molar-refractivity contribution in [3.8, 4) is 11.3 Å². The SMILES string of the molecule is CCOC(=O)C1=C(C)NC(C)=C(C(=O)OCC)C1c1c(-c2cc([N+](=O)[O-])c(Cl)cc2Cl)nc2sc(CC)cn12. The van der Waals surface area contributed by atoms with Gasteiger partial charge in [-0.05, 0) is 40.2 Å². The highest BCUT2D eigenvalue weighted by Gasteiger charge is 2.42. The minimum absolute atomic E-state index is 0.113. The first-order chi connectivity index (χ1) is 18.5. The number of nitrogens with zero attached hydrogens (tertiary/aromatic N) is 3. The molecule has 13 heteroatoms. The standard InChI is InChI=1S/C26H26Cl2N4O6S/c1-6-14-11-31-23(22(30-26(31)39-14)15-9-18(32(35)36)17(28)10-16(15)27)21-19(24(33)37-7-2)12(4)29-13(5)20(21)25(34)38-8-3/h9-11,21,29H,6-8H2,1-5H3. The van der Waals surface area contributed by atoms with Gasteiger partial charge in [-0.15, -0.1) is 11.3 Å². The van der Waals surface area contributed by atoms with Crippen LogP contribution in [-0.2, 0) is 25.5 Å². The highest BCUT2D eigenvalue weighted by molar-refractivity contribution is 7.17. The van der Waals surface area contributed by atoms with Crippen LogP contribution in [0.2, 0.25) is 10.0 Å². The number of allylic oxidation sites excluding steroid dienone is 2. The zero-order valence-corrected chi connectivity index (χ0v) is 24.2. The number of carbonyl (C=O) groups excluding carboxylic acids is 2. The van der Waals surface area contributed by atoms with Gasteiger partial charge in [0.15, 0.2) is 4.96 Å². The number of carbonyl (C=O) groups is 2. The topological polar surface area (TPSA) is 125 Å². The predicted octanol–water partition coefficient (Wildman–Crippen LogP) is 6.20. The number of thiazole rings is 1. The van der Waals surface area contributed by atoms with Gasteiger partial charge in [0, 0.05) is 34.1 Å². The largest absolute Gasteiger partial charge is 0.463 e. The average Bonchev–Trinajstić information content (AvgIpc) is 3.41. The summed E-state index contributed by atoms with van der Waals surface area (Å²) >= 11 is 14.1. The number of nitro benzene ring substituents is 1. The molecule has 1 aromatic carbocycles. The lowest BCUT2D eigenvalue weighted by Crippen LogP contribution is -2.33. The predicted molar refractivity (Wildman–Crippen MR) is 149 cm³/mol. The molecule has 0 saturated heterocycles. The van der Waals surface area contributed by atoms with E-state index >= 15 is 0 Å². The van der Waals surface area contributed by atoms with Gasteiger partial charge in [0.25, 0.3) is 5.69 Å². The number of dihydropyridines is 1. The Labute approximate surface area is 238 Å². The summed E-state index contributed by atoms with van der Waals surface area (Å²) in [5.41, 5.74) is 1.93. The number of esters is 2. The van der Waals surface area contributed by atoms with Crippen LogP contribution in [0.3, 0.4) is 0 Å². The molecule has 1 aliphatic rings. The van der Waals surface area contributed by atoms with E-state index in [2.05, 4.69) is 5.32 Å². The van der Waals surface area contributed by atoms with E-state index in [4.69, 9.17) is 37.7 Å². The molecule has 10 nitrogen and oxygen atoms in total. The number of nitro groups is 1. The van der Waals surface area contributed by atoms with Crippen molar-refractivity contribution in [1.82, 2.24) is 14.7 Å². The van der Waals surface area contributed by atoms with Crippen molar-refractivity contribution in [3.63, 3.8) is 0 Å². The molecule has 2 aromatic heterocycles. The molecular weight excluding hydrogens is 567 g/mol. The molecule has 1 N–H and O–H groups in total. The molecule has 0 radical (unpaired) electrons. The fourth-order valence-electron chi connectivity index (χ4n) is 4.63. The first kappa shape index (κ1) is 28.6. The van der Waals surface area contributed by atoms with Crippen molar-refractivity contribution < 1.29 is 24.0 Å². The van der Waals surface area contributed by atoms with Gasteiger partial charge < -0.3 is 14.8 Å². The Morgan fingerprint density at radius 2 is 1.67 bits per heavy atom. The van der Waals surface area contributed by atoms with Crippen molar-refractivity contribution in [1.29, 1.82) is 0 Å².